The standard InChI is InChI=1S/C16H17FN2O2/c1-9-3-6-14(18)10(2)15(9)21-8-12-5-4-11(16(19)20)7-13(12)17/h3-7H,8,18H2,1-2H3,(H2,19,20). The number of halogens is 1. The summed E-state index contributed by atoms with van der Waals surface area (Å²) in [6.07, 6.45) is 0. The van der Waals surface area contributed by atoms with Crippen LogP contribution in [0.25, 0.3) is 0 Å². The number of nitrogens with two attached hydrogens (primary N) is 2. The van der Waals surface area contributed by atoms with Crippen LogP contribution in [0.1, 0.15) is 27.0 Å². The fourth-order valence-corrected chi connectivity index (χ4v) is 2.03. The number of primary amides is 1. The summed E-state index contributed by atoms with van der Waals surface area (Å²) in [4.78, 5) is 11.0. The Labute approximate surface area is 122 Å². The molecule has 4 nitrogen and oxygen atoms in total. The molecule has 5 heteroatoms. The van der Waals surface area contributed by atoms with E-state index < -0.39 is 11.7 Å². The first kappa shape index (κ1) is 14.8. The molecule has 1 amide bonds. The zero-order valence-electron chi connectivity index (χ0n) is 11.9. The van der Waals surface area contributed by atoms with Crippen LogP contribution in [0.4, 0.5) is 10.1 Å². The van der Waals surface area contributed by atoms with E-state index >= 15 is 0 Å². The van der Waals surface area contributed by atoms with E-state index in [1.165, 1.54) is 12.1 Å². The predicted molar refractivity (Wildman–Crippen MR) is 79.6 cm³/mol. The summed E-state index contributed by atoms with van der Waals surface area (Å²) < 4.78 is 19.6. The van der Waals surface area contributed by atoms with Gasteiger partial charge in [0.25, 0.3) is 0 Å². The van der Waals surface area contributed by atoms with E-state index in [-0.39, 0.29) is 12.2 Å². The number of hydrogen-bond acceptors (Lipinski definition) is 3. The van der Waals surface area contributed by atoms with Crippen LogP contribution in [-0.2, 0) is 6.61 Å². The van der Waals surface area contributed by atoms with Crippen LogP contribution >= 0.6 is 0 Å². The topological polar surface area (TPSA) is 78.3 Å². The number of aryl methyl sites for hydroxylation is 1. The zero-order chi connectivity index (χ0) is 15.6. The van der Waals surface area contributed by atoms with Crippen LogP contribution in [-0.4, -0.2) is 5.91 Å². The van der Waals surface area contributed by atoms with Crippen LogP contribution in [0.2, 0.25) is 0 Å². The molecule has 0 atom stereocenters. The van der Waals surface area contributed by atoms with Gasteiger partial charge in [-0.25, -0.2) is 4.39 Å². The van der Waals surface area contributed by atoms with Gasteiger partial charge in [0.05, 0.1) is 0 Å². The monoisotopic (exact) mass is 288 g/mol. The Morgan fingerprint density at radius 3 is 2.57 bits per heavy atom. The second-order valence-electron chi connectivity index (χ2n) is 4.88. The molecule has 0 aromatic heterocycles. The molecule has 110 valence electrons. The fraction of sp³-hybridized carbons (Fsp3) is 0.188. The molecule has 21 heavy (non-hydrogen) atoms. The van der Waals surface area contributed by atoms with Gasteiger partial charge < -0.3 is 16.2 Å². The number of anilines is 1. The second kappa shape index (κ2) is 5.83. The lowest BCUT2D eigenvalue weighted by molar-refractivity contribution is 0.0999. The second-order valence-corrected chi connectivity index (χ2v) is 4.88. The third-order valence-electron chi connectivity index (χ3n) is 3.35. The summed E-state index contributed by atoms with van der Waals surface area (Å²) in [6.45, 7) is 3.80. The van der Waals surface area contributed by atoms with E-state index in [4.69, 9.17) is 16.2 Å². The van der Waals surface area contributed by atoms with Gasteiger partial charge in [0, 0.05) is 22.4 Å². The van der Waals surface area contributed by atoms with Crippen LogP contribution in [0.15, 0.2) is 30.3 Å². The van der Waals surface area contributed by atoms with E-state index in [1.54, 1.807) is 6.07 Å². The van der Waals surface area contributed by atoms with Crippen molar-refractivity contribution in [1.82, 2.24) is 0 Å². The highest BCUT2D eigenvalue weighted by Gasteiger charge is 2.10. The summed E-state index contributed by atoms with van der Waals surface area (Å²) in [7, 11) is 0. The number of rotatable bonds is 4. The summed E-state index contributed by atoms with van der Waals surface area (Å²) in [5.41, 5.74) is 13.8. The van der Waals surface area contributed by atoms with Gasteiger partial charge in [-0.15, -0.1) is 0 Å². The first-order chi connectivity index (χ1) is 9.90. The molecule has 0 heterocycles. The van der Waals surface area contributed by atoms with Gasteiger partial charge in [-0.05, 0) is 37.6 Å². The minimum atomic E-state index is -0.663. The van der Waals surface area contributed by atoms with E-state index in [0.29, 0.717) is 17.0 Å². The molecule has 0 spiro atoms. The Morgan fingerprint density at radius 1 is 1.24 bits per heavy atom. The molecule has 2 aromatic rings. The molecule has 0 saturated carbocycles. The first-order valence-corrected chi connectivity index (χ1v) is 6.47. The normalized spacial score (nSPS) is 10.4. The van der Waals surface area contributed by atoms with E-state index in [0.717, 1.165) is 17.2 Å². The number of carbonyl (C=O) groups excluding carboxylic acids is 1. The van der Waals surface area contributed by atoms with Crippen molar-refractivity contribution in [3.63, 3.8) is 0 Å². The van der Waals surface area contributed by atoms with Crippen LogP contribution in [0.3, 0.4) is 0 Å². The van der Waals surface area contributed by atoms with Crippen molar-refractivity contribution < 1.29 is 13.9 Å². The van der Waals surface area contributed by atoms with Crippen molar-refractivity contribution in [3.8, 4) is 5.75 Å². The van der Waals surface area contributed by atoms with Gasteiger partial charge in [0.2, 0.25) is 5.91 Å². The van der Waals surface area contributed by atoms with Crippen molar-refractivity contribution in [2.24, 2.45) is 5.73 Å². The lowest BCUT2D eigenvalue weighted by Gasteiger charge is -2.14. The lowest BCUT2D eigenvalue weighted by Crippen LogP contribution is -2.12. The summed E-state index contributed by atoms with van der Waals surface area (Å²) in [5, 5.41) is 0. The van der Waals surface area contributed by atoms with Crippen LogP contribution in [0.5, 0.6) is 5.75 Å². The molecule has 0 radical (unpaired) electrons. The highest BCUT2D eigenvalue weighted by Crippen LogP contribution is 2.28. The molecule has 0 unspecified atom stereocenters. The zero-order valence-corrected chi connectivity index (χ0v) is 11.9. The highest BCUT2D eigenvalue weighted by molar-refractivity contribution is 5.92. The minimum Gasteiger partial charge on any atom is -0.488 e. The van der Waals surface area contributed by atoms with Gasteiger partial charge in [-0.3, -0.25) is 4.79 Å². The summed E-state index contributed by atoms with van der Waals surface area (Å²) >= 11 is 0. The van der Waals surface area contributed by atoms with Gasteiger partial charge >= 0.3 is 0 Å². The molecule has 0 fully saturated rings. The SMILES string of the molecule is Cc1ccc(N)c(C)c1OCc1ccc(C(N)=O)cc1F. The van der Waals surface area contributed by atoms with Crippen molar-refractivity contribution in [2.75, 3.05) is 5.73 Å². The Kier molecular flexibility index (Phi) is 4.12. The first-order valence-electron chi connectivity index (χ1n) is 6.47. The van der Waals surface area contributed by atoms with Crippen molar-refractivity contribution in [3.05, 3.63) is 58.4 Å². The van der Waals surface area contributed by atoms with Gasteiger partial charge in [0.15, 0.2) is 0 Å². The number of nitrogen functional groups attached to an aromatic ring is 1. The molecule has 4 N–H and O–H groups in total. The fourth-order valence-electron chi connectivity index (χ4n) is 2.03. The molecule has 0 saturated heterocycles. The van der Waals surface area contributed by atoms with E-state index in [1.807, 2.05) is 19.9 Å². The van der Waals surface area contributed by atoms with Crippen molar-refractivity contribution >= 4 is 11.6 Å². The molecular formula is C16H17FN2O2. The van der Waals surface area contributed by atoms with Gasteiger partial charge in [-0.1, -0.05) is 12.1 Å². The Bertz CT molecular complexity index is 699. The largest absolute Gasteiger partial charge is 0.488 e. The number of ether oxygens (including phenoxy) is 1. The summed E-state index contributed by atoms with van der Waals surface area (Å²) in [6, 6.07) is 7.74. The molecule has 2 rings (SSSR count). The van der Waals surface area contributed by atoms with E-state index in [9.17, 15) is 9.18 Å². The molecule has 0 aliphatic rings. The summed E-state index contributed by atoms with van der Waals surface area (Å²) in [5.74, 6) is -0.539. The molecule has 0 aliphatic heterocycles. The third kappa shape index (κ3) is 3.13. The average molecular weight is 288 g/mol. The van der Waals surface area contributed by atoms with Gasteiger partial charge in [0.1, 0.15) is 18.2 Å². The quantitative estimate of drug-likeness (QED) is 0.849. The molecular weight excluding hydrogens is 271 g/mol. The Balaban J connectivity index is 2.21. The van der Waals surface area contributed by atoms with Crippen molar-refractivity contribution in [2.45, 2.75) is 20.5 Å². The number of hydrogen-bond donors (Lipinski definition) is 2. The lowest BCUT2D eigenvalue weighted by atomic mass is 10.1. The number of carbonyl (C=O) groups is 1. The maximum atomic E-state index is 13.9. The highest BCUT2D eigenvalue weighted by atomic mass is 19.1. The van der Waals surface area contributed by atoms with Gasteiger partial charge in [-0.2, -0.15) is 0 Å². The minimum absolute atomic E-state index is 0.0516. The maximum Gasteiger partial charge on any atom is 0.248 e. The Hall–Kier alpha value is -2.56. The van der Waals surface area contributed by atoms with Crippen LogP contribution < -0.4 is 16.2 Å². The van der Waals surface area contributed by atoms with E-state index in [2.05, 4.69) is 0 Å². The number of amides is 1. The molecule has 0 aliphatic carbocycles. The third-order valence-corrected chi connectivity index (χ3v) is 3.35. The number of benzene rings is 2. The van der Waals surface area contributed by atoms with Crippen LogP contribution in [0, 0.1) is 19.7 Å². The smallest absolute Gasteiger partial charge is 0.248 e. The molecule has 0 bridgehead atoms. The Morgan fingerprint density at radius 2 is 1.95 bits per heavy atom. The maximum absolute atomic E-state index is 13.9. The predicted octanol–water partition coefficient (Wildman–Crippen LogP) is 2.70. The van der Waals surface area contributed by atoms with Crippen molar-refractivity contribution in [1.29, 1.82) is 0 Å². The average Bonchev–Trinajstić information content (AvgIpc) is 2.44. The molecule has 2 aromatic carbocycles.